The highest BCUT2D eigenvalue weighted by molar-refractivity contribution is 7.92. The quantitative estimate of drug-likeness (QED) is 0.715. The third kappa shape index (κ3) is 5.82. The molecule has 8 heteroatoms. The van der Waals surface area contributed by atoms with Crippen LogP contribution < -0.4 is 10.1 Å². The maximum Gasteiger partial charge on any atom is 0.341 e. The van der Waals surface area contributed by atoms with Crippen molar-refractivity contribution in [2.24, 2.45) is 0 Å². The number of anilines is 1. The number of carbonyl (C=O) groups excluding carboxylic acids is 1. The van der Waals surface area contributed by atoms with Gasteiger partial charge in [-0.25, -0.2) is 13.2 Å². The fraction of sp³-hybridized carbons (Fsp3) is 0.263. The Morgan fingerprint density at radius 2 is 1.63 bits per heavy atom. The molecule has 27 heavy (non-hydrogen) atoms. The molecule has 0 aliphatic heterocycles. The van der Waals surface area contributed by atoms with Gasteiger partial charge in [0.1, 0.15) is 5.75 Å². The lowest BCUT2D eigenvalue weighted by molar-refractivity contribution is -0.139. The number of carboxylic acids is 1. The summed E-state index contributed by atoms with van der Waals surface area (Å²) in [5.74, 6) is -0.939. The molecule has 0 spiro atoms. The van der Waals surface area contributed by atoms with E-state index in [2.05, 4.69) is 5.32 Å². The average molecular weight is 391 g/mol. The number of aliphatic carboxylic acids is 1. The number of amides is 1. The summed E-state index contributed by atoms with van der Waals surface area (Å²) in [4.78, 5) is 22.8. The lowest BCUT2D eigenvalue weighted by Gasteiger charge is -2.09. The number of carboxylic acid groups (broad SMARTS) is 1. The van der Waals surface area contributed by atoms with Crippen LogP contribution in [0.4, 0.5) is 5.69 Å². The van der Waals surface area contributed by atoms with Crippen molar-refractivity contribution < 1.29 is 27.9 Å². The van der Waals surface area contributed by atoms with E-state index in [1.54, 1.807) is 50.2 Å². The Morgan fingerprint density at radius 1 is 1.04 bits per heavy atom. The number of rotatable bonds is 8. The van der Waals surface area contributed by atoms with Crippen LogP contribution >= 0.6 is 0 Å². The van der Waals surface area contributed by atoms with Gasteiger partial charge in [-0.2, -0.15) is 0 Å². The van der Waals surface area contributed by atoms with Crippen molar-refractivity contribution in [2.75, 3.05) is 11.9 Å². The molecule has 0 aliphatic carbocycles. The number of carbonyl (C=O) groups is 2. The Bertz CT molecular complexity index is 902. The first kappa shape index (κ1) is 20.4. The molecule has 144 valence electrons. The fourth-order valence-corrected chi connectivity index (χ4v) is 3.30. The Labute approximate surface area is 157 Å². The smallest absolute Gasteiger partial charge is 0.341 e. The summed E-state index contributed by atoms with van der Waals surface area (Å²) in [6.07, 6.45) is 0.0965. The molecule has 2 rings (SSSR count). The van der Waals surface area contributed by atoms with Crippen LogP contribution in [0.15, 0.2) is 53.4 Å². The summed E-state index contributed by atoms with van der Waals surface area (Å²) in [5.41, 5.74) is 1.23. The molecule has 0 radical (unpaired) electrons. The van der Waals surface area contributed by atoms with Crippen molar-refractivity contribution in [3.05, 3.63) is 54.1 Å². The molecule has 2 aromatic rings. The van der Waals surface area contributed by atoms with Gasteiger partial charge < -0.3 is 15.2 Å². The highest BCUT2D eigenvalue weighted by atomic mass is 32.2. The first-order valence-corrected chi connectivity index (χ1v) is 9.80. The van der Waals surface area contributed by atoms with Crippen molar-refractivity contribution in [1.82, 2.24) is 0 Å². The molecule has 0 aliphatic rings. The summed E-state index contributed by atoms with van der Waals surface area (Å²) in [7, 11) is -3.33. The predicted molar refractivity (Wildman–Crippen MR) is 101 cm³/mol. The molecule has 0 fully saturated rings. The Balaban J connectivity index is 1.94. The van der Waals surface area contributed by atoms with Gasteiger partial charge in [0.2, 0.25) is 5.91 Å². The molecular formula is C19H21NO6S. The monoisotopic (exact) mass is 391 g/mol. The number of ether oxygens (including phenoxy) is 1. The van der Waals surface area contributed by atoms with Gasteiger partial charge in [-0.3, -0.25) is 4.79 Å². The number of sulfone groups is 1. The number of nitrogens with one attached hydrogen (secondary N) is 1. The van der Waals surface area contributed by atoms with E-state index in [0.29, 0.717) is 17.0 Å². The van der Waals surface area contributed by atoms with E-state index in [1.165, 1.54) is 12.1 Å². The van der Waals surface area contributed by atoms with Gasteiger partial charge in [0.15, 0.2) is 16.4 Å². The molecule has 0 unspecified atom stereocenters. The molecule has 0 saturated heterocycles. The highest BCUT2D eigenvalue weighted by Gasteiger charge is 2.18. The highest BCUT2D eigenvalue weighted by Crippen LogP contribution is 2.18. The minimum absolute atomic E-state index is 0.0965. The van der Waals surface area contributed by atoms with Crippen LogP contribution in [0.25, 0.3) is 0 Å². The molecule has 0 saturated carbocycles. The summed E-state index contributed by atoms with van der Waals surface area (Å²) < 4.78 is 29.2. The van der Waals surface area contributed by atoms with Gasteiger partial charge in [0, 0.05) is 5.69 Å². The molecule has 0 heterocycles. The van der Waals surface area contributed by atoms with Crippen molar-refractivity contribution in [3.63, 3.8) is 0 Å². The second-order valence-electron chi connectivity index (χ2n) is 6.17. The van der Waals surface area contributed by atoms with Crippen LogP contribution in [0.2, 0.25) is 0 Å². The van der Waals surface area contributed by atoms with Gasteiger partial charge in [0.25, 0.3) is 0 Å². The third-order valence-electron chi connectivity index (χ3n) is 3.74. The topological polar surface area (TPSA) is 110 Å². The number of hydrogen-bond donors (Lipinski definition) is 2. The van der Waals surface area contributed by atoms with Gasteiger partial charge in [-0.05, 0) is 55.8 Å². The Morgan fingerprint density at radius 3 is 2.15 bits per heavy atom. The van der Waals surface area contributed by atoms with Crippen molar-refractivity contribution in [2.45, 2.75) is 30.4 Å². The average Bonchev–Trinajstić information content (AvgIpc) is 2.61. The summed E-state index contributed by atoms with van der Waals surface area (Å²) in [6, 6.07) is 12.6. The van der Waals surface area contributed by atoms with Crippen LogP contribution in [0.5, 0.6) is 5.75 Å². The Kier molecular flexibility index (Phi) is 6.57. The van der Waals surface area contributed by atoms with Gasteiger partial charge in [-0.1, -0.05) is 12.1 Å². The molecule has 2 aromatic carbocycles. The van der Waals surface area contributed by atoms with E-state index in [0.717, 1.165) is 0 Å². The largest absolute Gasteiger partial charge is 0.482 e. The maximum absolute atomic E-state index is 12.1. The SMILES string of the molecule is CC(C)S(=O)(=O)c1ccc(CC(=O)Nc2ccc(OCC(=O)O)cc2)cc1. The van der Waals surface area contributed by atoms with E-state index in [4.69, 9.17) is 9.84 Å². The Hall–Kier alpha value is -2.87. The molecule has 0 aromatic heterocycles. The van der Waals surface area contributed by atoms with Gasteiger partial charge in [-0.15, -0.1) is 0 Å². The van der Waals surface area contributed by atoms with Gasteiger partial charge in [0.05, 0.1) is 16.6 Å². The minimum atomic E-state index is -3.33. The maximum atomic E-state index is 12.1. The second kappa shape index (κ2) is 8.68. The first-order chi connectivity index (χ1) is 12.7. The molecule has 0 bridgehead atoms. The lowest BCUT2D eigenvalue weighted by atomic mass is 10.1. The van der Waals surface area contributed by atoms with Gasteiger partial charge >= 0.3 is 5.97 Å². The number of benzene rings is 2. The van der Waals surface area contributed by atoms with E-state index in [-0.39, 0.29) is 17.2 Å². The molecule has 2 N–H and O–H groups in total. The number of hydrogen-bond acceptors (Lipinski definition) is 5. The summed E-state index contributed by atoms with van der Waals surface area (Å²) >= 11 is 0. The first-order valence-electron chi connectivity index (χ1n) is 8.26. The zero-order valence-corrected chi connectivity index (χ0v) is 15.8. The van der Waals surface area contributed by atoms with E-state index >= 15 is 0 Å². The zero-order chi connectivity index (χ0) is 20.0. The van der Waals surface area contributed by atoms with Crippen LogP contribution in [0, 0.1) is 0 Å². The van der Waals surface area contributed by atoms with Crippen molar-refractivity contribution >= 4 is 27.4 Å². The fourth-order valence-electron chi connectivity index (χ4n) is 2.24. The van der Waals surface area contributed by atoms with Crippen LogP contribution in [0.3, 0.4) is 0 Å². The standard InChI is InChI=1S/C19H21NO6S/c1-13(2)27(24,25)17-9-3-14(4-10-17)11-18(21)20-15-5-7-16(8-6-15)26-12-19(22)23/h3-10,13H,11-12H2,1-2H3,(H,20,21)(H,22,23). The lowest BCUT2D eigenvalue weighted by Crippen LogP contribution is -2.15. The molecular weight excluding hydrogens is 370 g/mol. The van der Waals surface area contributed by atoms with E-state index in [1.807, 2.05) is 0 Å². The van der Waals surface area contributed by atoms with E-state index in [9.17, 15) is 18.0 Å². The molecule has 7 nitrogen and oxygen atoms in total. The normalized spacial score (nSPS) is 11.2. The molecule has 1 amide bonds. The minimum Gasteiger partial charge on any atom is -0.482 e. The zero-order valence-electron chi connectivity index (χ0n) is 15.0. The van der Waals surface area contributed by atoms with E-state index < -0.39 is 27.7 Å². The molecule has 0 atom stereocenters. The van der Waals surface area contributed by atoms with Crippen molar-refractivity contribution in [1.29, 1.82) is 0 Å². The van der Waals surface area contributed by atoms with Crippen LogP contribution in [-0.2, 0) is 25.8 Å². The summed E-state index contributed by atoms with van der Waals surface area (Å²) in [6.45, 7) is 2.80. The predicted octanol–water partition coefficient (Wildman–Crippen LogP) is 2.51. The third-order valence-corrected chi connectivity index (χ3v) is 5.91. The second-order valence-corrected chi connectivity index (χ2v) is 8.67. The summed E-state index contributed by atoms with van der Waals surface area (Å²) in [5, 5.41) is 10.8. The van der Waals surface area contributed by atoms with Crippen LogP contribution in [0.1, 0.15) is 19.4 Å². The van der Waals surface area contributed by atoms with Crippen molar-refractivity contribution in [3.8, 4) is 5.75 Å². The van der Waals surface area contributed by atoms with Crippen LogP contribution in [-0.4, -0.2) is 37.3 Å².